The summed E-state index contributed by atoms with van der Waals surface area (Å²) in [6, 6.07) is 15.2. The summed E-state index contributed by atoms with van der Waals surface area (Å²) in [6.07, 6.45) is 3.00. The van der Waals surface area contributed by atoms with Crippen LogP contribution >= 0.6 is 0 Å². The molecule has 2 aromatic carbocycles. The second-order valence-electron chi connectivity index (χ2n) is 6.52. The number of carbonyl (C=O) groups is 1. The molecule has 6 heteroatoms. The van der Waals surface area contributed by atoms with Gasteiger partial charge in [-0.2, -0.15) is 0 Å². The van der Waals surface area contributed by atoms with Crippen molar-refractivity contribution in [3.8, 4) is 0 Å². The number of nitrogens with one attached hydrogen (secondary N) is 1. The van der Waals surface area contributed by atoms with Crippen molar-refractivity contribution in [1.29, 1.82) is 0 Å². The van der Waals surface area contributed by atoms with Crippen molar-refractivity contribution in [2.45, 2.75) is 26.9 Å². The van der Waals surface area contributed by atoms with Gasteiger partial charge in [0.2, 0.25) is 5.91 Å². The Labute approximate surface area is 156 Å². The van der Waals surface area contributed by atoms with Crippen molar-refractivity contribution < 1.29 is 4.79 Å². The largest absolute Gasteiger partial charge is 0.324 e. The molecule has 1 aromatic heterocycles. The molecule has 0 atom stereocenters. The number of aromatic nitrogens is 2. The number of amides is 1. The van der Waals surface area contributed by atoms with Crippen molar-refractivity contribution in [2.24, 2.45) is 0 Å². The van der Waals surface area contributed by atoms with Gasteiger partial charge in [0.1, 0.15) is 6.54 Å². The van der Waals surface area contributed by atoms with Crippen LogP contribution in [0.3, 0.4) is 0 Å². The molecule has 0 bridgehead atoms. The van der Waals surface area contributed by atoms with Crippen molar-refractivity contribution >= 4 is 11.6 Å². The van der Waals surface area contributed by atoms with Gasteiger partial charge in [0.15, 0.2) is 0 Å². The summed E-state index contributed by atoms with van der Waals surface area (Å²) < 4.78 is 2.47. The molecule has 0 saturated heterocycles. The third-order valence-electron chi connectivity index (χ3n) is 4.31. The van der Waals surface area contributed by atoms with E-state index in [1.165, 1.54) is 17.0 Å². The maximum absolute atomic E-state index is 12.3. The summed E-state index contributed by atoms with van der Waals surface area (Å²) in [5.74, 6) is -0.356. The maximum Gasteiger partial charge on any atom is 0.316 e. The van der Waals surface area contributed by atoms with Crippen LogP contribution in [0.4, 0.5) is 5.69 Å². The lowest BCUT2D eigenvalue weighted by Gasteiger charge is -2.11. The molecule has 1 amide bonds. The molecule has 3 aromatic rings. The van der Waals surface area contributed by atoms with Gasteiger partial charge in [-0.3, -0.25) is 19.0 Å². The second-order valence-corrected chi connectivity index (χ2v) is 6.52. The monoisotopic (exact) mass is 363 g/mol. The van der Waals surface area contributed by atoms with Crippen molar-refractivity contribution in [3.05, 3.63) is 98.3 Å². The number of rotatable bonds is 5. The average molecular weight is 363 g/mol. The molecule has 0 spiro atoms. The second kappa shape index (κ2) is 7.86. The summed E-state index contributed by atoms with van der Waals surface area (Å²) in [6.45, 7) is 3.93. The number of benzene rings is 2. The number of aryl methyl sites for hydroxylation is 2. The van der Waals surface area contributed by atoms with Gasteiger partial charge in [-0.05, 0) is 36.6 Å². The van der Waals surface area contributed by atoms with E-state index < -0.39 is 11.1 Å². The van der Waals surface area contributed by atoms with E-state index in [2.05, 4.69) is 5.32 Å². The molecule has 0 aliphatic rings. The van der Waals surface area contributed by atoms with Crippen LogP contribution in [0.15, 0.2) is 70.5 Å². The summed E-state index contributed by atoms with van der Waals surface area (Å²) in [5, 5.41) is 2.79. The highest BCUT2D eigenvalue weighted by molar-refractivity contribution is 5.91. The number of anilines is 1. The highest BCUT2D eigenvalue weighted by atomic mass is 16.2. The van der Waals surface area contributed by atoms with E-state index in [1.54, 1.807) is 0 Å². The van der Waals surface area contributed by atoms with Gasteiger partial charge in [0.25, 0.3) is 0 Å². The number of hydrogen-bond donors (Lipinski definition) is 1. The molecule has 27 heavy (non-hydrogen) atoms. The zero-order chi connectivity index (χ0) is 19.4. The lowest BCUT2D eigenvalue weighted by molar-refractivity contribution is -0.116. The first kappa shape index (κ1) is 18.4. The first-order valence-corrected chi connectivity index (χ1v) is 8.65. The standard InChI is InChI=1S/C21H21N3O3/c1-15-8-9-16(2)18(12-15)22-19(25)14-24-11-10-23(20(26)21(24)27)13-17-6-4-3-5-7-17/h3-12H,13-14H2,1-2H3,(H,22,25). The van der Waals surface area contributed by atoms with Gasteiger partial charge in [-0.15, -0.1) is 0 Å². The lowest BCUT2D eigenvalue weighted by Crippen LogP contribution is -2.42. The van der Waals surface area contributed by atoms with Crippen LogP contribution in [-0.4, -0.2) is 15.0 Å². The van der Waals surface area contributed by atoms with Crippen LogP contribution in [0.5, 0.6) is 0 Å². The topological polar surface area (TPSA) is 73.1 Å². The Bertz CT molecular complexity index is 1080. The quantitative estimate of drug-likeness (QED) is 0.707. The minimum absolute atomic E-state index is 0.215. The summed E-state index contributed by atoms with van der Waals surface area (Å²) >= 11 is 0. The molecule has 0 aliphatic heterocycles. The van der Waals surface area contributed by atoms with Crippen LogP contribution in [0.25, 0.3) is 0 Å². The zero-order valence-electron chi connectivity index (χ0n) is 15.3. The van der Waals surface area contributed by atoms with Crippen molar-refractivity contribution in [3.63, 3.8) is 0 Å². The van der Waals surface area contributed by atoms with E-state index in [0.29, 0.717) is 12.2 Å². The Kier molecular flexibility index (Phi) is 5.35. The third kappa shape index (κ3) is 4.41. The smallest absolute Gasteiger partial charge is 0.316 e. The summed E-state index contributed by atoms with van der Waals surface area (Å²) in [5.41, 5.74) is 2.21. The average Bonchev–Trinajstić information content (AvgIpc) is 2.65. The first-order chi connectivity index (χ1) is 12.9. The summed E-state index contributed by atoms with van der Waals surface area (Å²) in [4.78, 5) is 37.0. The van der Waals surface area contributed by atoms with Crippen LogP contribution in [0.1, 0.15) is 16.7 Å². The fourth-order valence-electron chi connectivity index (χ4n) is 2.79. The van der Waals surface area contributed by atoms with Gasteiger partial charge < -0.3 is 9.88 Å². The van der Waals surface area contributed by atoms with Crippen molar-refractivity contribution in [1.82, 2.24) is 9.13 Å². The maximum atomic E-state index is 12.3. The summed E-state index contributed by atoms with van der Waals surface area (Å²) in [7, 11) is 0. The van der Waals surface area contributed by atoms with Crippen molar-refractivity contribution in [2.75, 3.05) is 5.32 Å². The molecule has 0 aliphatic carbocycles. The third-order valence-corrected chi connectivity index (χ3v) is 4.31. The Balaban J connectivity index is 1.76. The van der Waals surface area contributed by atoms with Gasteiger partial charge in [0, 0.05) is 18.1 Å². The van der Waals surface area contributed by atoms with E-state index >= 15 is 0 Å². The van der Waals surface area contributed by atoms with Gasteiger partial charge in [-0.25, -0.2) is 0 Å². The molecule has 0 saturated carbocycles. The van der Waals surface area contributed by atoms with Crippen LogP contribution < -0.4 is 16.4 Å². The van der Waals surface area contributed by atoms with E-state index in [4.69, 9.17) is 0 Å². The number of carbonyl (C=O) groups excluding carboxylic acids is 1. The Morgan fingerprint density at radius 3 is 2.33 bits per heavy atom. The Morgan fingerprint density at radius 1 is 0.926 bits per heavy atom. The van der Waals surface area contributed by atoms with E-state index in [1.807, 2.05) is 62.4 Å². The molecule has 138 valence electrons. The first-order valence-electron chi connectivity index (χ1n) is 8.65. The predicted molar refractivity (Wildman–Crippen MR) is 105 cm³/mol. The molecular formula is C21H21N3O3. The lowest BCUT2D eigenvalue weighted by atomic mass is 10.1. The molecule has 0 unspecified atom stereocenters. The number of hydrogen-bond acceptors (Lipinski definition) is 3. The SMILES string of the molecule is Cc1ccc(C)c(NC(=O)Cn2ccn(Cc3ccccc3)c(=O)c2=O)c1. The van der Waals surface area contributed by atoms with E-state index in [0.717, 1.165) is 21.3 Å². The van der Waals surface area contributed by atoms with E-state index in [-0.39, 0.29) is 12.5 Å². The highest BCUT2D eigenvalue weighted by Gasteiger charge is 2.10. The molecule has 1 N–H and O–H groups in total. The minimum Gasteiger partial charge on any atom is -0.324 e. The van der Waals surface area contributed by atoms with Gasteiger partial charge in [-0.1, -0.05) is 42.5 Å². The van der Waals surface area contributed by atoms with Crippen LogP contribution in [0, 0.1) is 13.8 Å². The van der Waals surface area contributed by atoms with Crippen LogP contribution in [-0.2, 0) is 17.9 Å². The van der Waals surface area contributed by atoms with Gasteiger partial charge in [0.05, 0.1) is 6.54 Å². The highest BCUT2D eigenvalue weighted by Crippen LogP contribution is 2.16. The molecular weight excluding hydrogens is 342 g/mol. The van der Waals surface area contributed by atoms with E-state index in [9.17, 15) is 14.4 Å². The minimum atomic E-state index is -0.718. The molecule has 0 radical (unpaired) electrons. The zero-order valence-corrected chi connectivity index (χ0v) is 15.3. The molecule has 1 heterocycles. The molecule has 0 fully saturated rings. The Morgan fingerprint density at radius 2 is 1.59 bits per heavy atom. The Hall–Kier alpha value is -3.41. The van der Waals surface area contributed by atoms with Crippen LogP contribution in [0.2, 0.25) is 0 Å². The molecule has 3 rings (SSSR count). The fraction of sp³-hybridized carbons (Fsp3) is 0.190. The number of nitrogens with zero attached hydrogens (tertiary/aromatic N) is 2. The molecule has 6 nitrogen and oxygen atoms in total. The van der Waals surface area contributed by atoms with Gasteiger partial charge >= 0.3 is 11.1 Å². The predicted octanol–water partition coefficient (Wildman–Crippen LogP) is 2.31. The fourth-order valence-corrected chi connectivity index (χ4v) is 2.79. The normalized spacial score (nSPS) is 10.6.